The first-order valence-corrected chi connectivity index (χ1v) is 37.2. The van der Waals surface area contributed by atoms with Crippen molar-refractivity contribution in [2.75, 3.05) is 26.4 Å². The van der Waals surface area contributed by atoms with Gasteiger partial charge in [-0.05, 0) is 96.3 Å². The molecule has 10 heteroatoms. The van der Waals surface area contributed by atoms with Gasteiger partial charge in [0.05, 0.1) is 13.2 Å². The minimum atomic E-state index is -4.40. The number of unbranched alkanes of at least 4 members (excludes halogenated alkanes) is 38. The number of phosphoric ester groups is 1. The van der Waals surface area contributed by atoms with Gasteiger partial charge < -0.3 is 20.1 Å². The fourth-order valence-electron chi connectivity index (χ4n) is 10.2. The molecule has 9 nitrogen and oxygen atoms in total. The van der Waals surface area contributed by atoms with E-state index in [2.05, 4.69) is 111 Å². The summed E-state index contributed by atoms with van der Waals surface area (Å²) < 4.78 is 33.2. The third kappa shape index (κ3) is 69.9. The van der Waals surface area contributed by atoms with Gasteiger partial charge in [0.2, 0.25) is 0 Å². The Balaban J connectivity index is 3.86. The van der Waals surface area contributed by atoms with E-state index in [0.29, 0.717) is 6.42 Å². The molecule has 0 bridgehead atoms. The Morgan fingerprint density at radius 1 is 0.365 bits per heavy atom. The Hall–Kier alpha value is -3.07. The van der Waals surface area contributed by atoms with Crippen molar-refractivity contribution in [1.82, 2.24) is 0 Å². The highest BCUT2D eigenvalue weighted by molar-refractivity contribution is 7.47. The zero-order valence-electron chi connectivity index (χ0n) is 55.3. The number of esters is 2. The SMILES string of the molecule is CC/C=C\C/C=C\C/C=C\C/C=C\C/C=C\C/C=C\CCCCCCCCCCCCC(=O)OC(COC(=O)CCCCCCCCCCCCCCCCCCCCCCCCC/C=C\C/C=C\CCCCCCC)COP(=O)(O)OCCN. The van der Waals surface area contributed by atoms with Gasteiger partial charge in [0.15, 0.2) is 6.10 Å². The van der Waals surface area contributed by atoms with Crippen molar-refractivity contribution >= 4 is 19.8 Å². The maximum Gasteiger partial charge on any atom is 0.472 e. The maximum atomic E-state index is 12.8. The van der Waals surface area contributed by atoms with Gasteiger partial charge in [0, 0.05) is 19.4 Å². The van der Waals surface area contributed by atoms with Crippen LogP contribution in [-0.2, 0) is 32.7 Å². The van der Waals surface area contributed by atoms with Crippen LogP contribution >= 0.6 is 7.82 Å². The summed E-state index contributed by atoms with van der Waals surface area (Å²) in [5.74, 6) is -0.823. The fraction of sp³-hybridized carbons (Fsp3) is 0.760. The van der Waals surface area contributed by atoms with Gasteiger partial charge in [0.25, 0.3) is 0 Å². The van der Waals surface area contributed by atoms with E-state index in [0.717, 1.165) is 89.9 Å². The van der Waals surface area contributed by atoms with Crippen LogP contribution in [0.3, 0.4) is 0 Å². The third-order valence-electron chi connectivity index (χ3n) is 15.5. The first-order valence-electron chi connectivity index (χ1n) is 35.7. The number of rotatable bonds is 67. The first kappa shape index (κ1) is 81.9. The van der Waals surface area contributed by atoms with Crippen molar-refractivity contribution in [2.45, 2.75) is 341 Å². The number of hydrogen-bond donors (Lipinski definition) is 2. The van der Waals surface area contributed by atoms with E-state index in [1.807, 2.05) is 0 Å². The molecule has 3 N–H and O–H groups in total. The molecule has 85 heavy (non-hydrogen) atoms. The van der Waals surface area contributed by atoms with Gasteiger partial charge in [0.1, 0.15) is 6.61 Å². The Morgan fingerprint density at radius 2 is 0.647 bits per heavy atom. The molecule has 0 aliphatic heterocycles. The summed E-state index contributed by atoms with van der Waals surface area (Å²) in [6.45, 7) is 3.65. The smallest absolute Gasteiger partial charge is 0.462 e. The number of carbonyl (C=O) groups is 2. The second-order valence-corrected chi connectivity index (χ2v) is 25.2. The molecule has 0 heterocycles. The minimum Gasteiger partial charge on any atom is -0.462 e. The maximum absolute atomic E-state index is 12.8. The molecule has 0 aromatic heterocycles. The van der Waals surface area contributed by atoms with Crippen molar-refractivity contribution in [1.29, 1.82) is 0 Å². The Morgan fingerprint density at radius 3 is 0.965 bits per heavy atom. The van der Waals surface area contributed by atoms with Gasteiger partial charge in [-0.2, -0.15) is 0 Å². The lowest BCUT2D eigenvalue weighted by Crippen LogP contribution is -2.29. The predicted octanol–water partition coefficient (Wildman–Crippen LogP) is 23.5. The summed E-state index contributed by atoms with van der Waals surface area (Å²) in [5.41, 5.74) is 5.40. The molecule has 0 aromatic rings. The van der Waals surface area contributed by atoms with Crippen LogP contribution in [0.25, 0.3) is 0 Å². The molecule has 0 radical (unpaired) electrons. The lowest BCUT2D eigenvalue weighted by Gasteiger charge is -2.19. The average molecular weight is 1210 g/mol. The first-order chi connectivity index (χ1) is 41.8. The summed E-state index contributed by atoms with van der Waals surface area (Å²) in [7, 11) is -4.40. The Labute approximate surface area is 525 Å². The third-order valence-corrected chi connectivity index (χ3v) is 16.4. The molecule has 0 aromatic carbocycles. The zero-order chi connectivity index (χ0) is 61.6. The number of nitrogens with two attached hydrogens (primary N) is 1. The van der Waals surface area contributed by atoms with Crippen LogP contribution in [0.5, 0.6) is 0 Å². The van der Waals surface area contributed by atoms with E-state index in [1.54, 1.807) is 0 Å². The highest BCUT2D eigenvalue weighted by Crippen LogP contribution is 2.43. The monoisotopic (exact) mass is 1210 g/mol. The van der Waals surface area contributed by atoms with Crippen LogP contribution in [0.15, 0.2) is 97.2 Å². The molecule has 2 atom stereocenters. The molecular weight excluding hydrogens is 1070 g/mol. The molecule has 0 amide bonds. The van der Waals surface area contributed by atoms with Crippen LogP contribution in [0.4, 0.5) is 0 Å². The standard InChI is InChI=1S/C75H134NO8P/c1-3-5-7-9-11-13-15-17-19-21-23-25-27-29-31-33-34-35-36-37-38-40-41-43-45-47-49-51-53-55-57-59-61-63-65-67-74(77)81-71-73(72-83-85(79,80)82-70-69-76)84-75(78)68-66-64-62-60-58-56-54-52-50-48-46-44-42-39-32-30-28-26-24-22-20-18-16-14-12-10-8-6-4-2/h6,8,12,14-15,17-18,20-21,23-24,26,30,32,42,44,73H,3-5,7,9-11,13,16,19,22,25,27-29,31,33-41,43,45-72,76H2,1-2H3,(H,79,80)/b8-6-,14-12-,17-15-,20-18-,23-21-,26-24-,32-30-,44-42-. The number of hydrogen-bond acceptors (Lipinski definition) is 8. The van der Waals surface area contributed by atoms with Crippen LogP contribution in [-0.4, -0.2) is 49.3 Å². The number of carbonyl (C=O) groups excluding carboxylic acids is 2. The van der Waals surface area contributed by atoms with Crippen molar-refractivity contribution < 1.29 is 37.6 Å². The second-order valence-electron chi connectivity index (χ2n) is 23.7. The molecular formula is C75H134NO8P. The summed E-state index contributed by atoms with van der Waals surface area (Å²) in [6, 6.07) is 0. The van der Waals surface area contributed by atoms with Gasteiger partial charge >= 0.3 is 19.8 Å². The molecule has 0 saturated carbocycles. The van der Waals surface area contributed by atoms with Crippen LogP contribution < -0.4 is 5.73 Å². The number of ether oxygens (including phenoxy) is 2. The van der Waals surface area contributed by atoms with E-state index in [-0.39, 0.29) is 38.6 Å². The van der Waals surface area contributed by atoms with E-state index < -0.39 is 26.5 Å². The van der Waals surface area contributed by atoms with Gasteiger partial charge in [-0.1, -0.05) is 323 Å². The normalized spacial score (nSPS) is 13.5. The highest BCUT2D eigenvalue weighted by Gasteiger charge is 2.26. The molecule has 2 unspecified atom stereocenters. The van der Waals surface area contributed by atoms with Gasteiger partial charge in [-0.25, -0.2) is 4.57 Å². The van der Waals surface area contributed by atoms with Crippen molar-refractivity contribution in [3.05, 3.63) is 97.2 Å². The lowest BCUT2D eigenvalue weighted by molar-refractivity contribution is -0.161. The zero-order valence-corrected chi connectivity index (χ0v) is 56.2. The quantitative estimate of drug-likeness (QED) is 0.0264. The molecule has 0 rings (SSSR count). The summed E-state index contributed by atoms with van der Waals surface area (Å²) in [6.07, 6.45) is 95.1. The van der Waals surface area contributed by atoms with Gasteiger partial charge in [-0.3, -0.25) is 18.6 Å². The molecule has 0 spiro atoms. The lowest BCUT2D eigenvalue weighted by atomic mass is 10.0. The van der Waals surface area contributed by atoms with E-state index in [1.165, 1.54) is 212 Å². The Bertz CT molecular complexity index is 1720. The topological polar surface area (TPSA) is 134 Å². The Kier molecular flexibility index (Phi) is 67.5. The molecule has 492 valence electrons. The average Bonchev–Trinajstić information content (AvgIpc) is 3.52. The van der Waals surface area contributed by atoms with Crippen LogP contribution in [0.1, 0.15) is 335 Å². The predicted molar refractivity (Wildman–Crippen MR) is 367 cm³/mol. The van der Waals surface area contributed by atoms with Gasteiger partial charge in [-0.15, -0.1) is 0 Å². The van der Waals surface area contributed by atoms with Crippen molar-refractivity contribution in [3.8, 4) is 0 Å². The minimum absolute atomic E-state index is 0.0502. The summed E-state index contributed by atoms with van der Waals surface area (Å²) >= 11 is 0. The van der Waals surface area contributed by atoms with E-state index in [9.17, 15) is 19.0 Å². The van der Waals surface area contributed by atoms with Crippen molar-refractivity contribution in [3.63, 3.8) is 0 Å². The molecule has 0 fully saturated rings. The highest BCUT2D eigenvalue weighted by atomic mass is 31.2. The molecule has 0 saturated heterocycles. The largest absolute Gasteiger partial charge is 0.472 e. The van der Waals surface area contributed by atoms with Crippen LogP contribution in [0.2, 0.25) is 0 Å². The second kappa shape index (κ2) is 70.0. The van der Waals surface area contributed by atoms with Crippen LogP contribution in [0, 0.1) is 0 Å². The number of phosphoric acid groups is 1. The molecule has 0 aliphatic rings. The van der Waals surface area contributed by atoms with E-state index in [4.69, 9.17) is 24.3 Å². The van der Waals surface area contributed by atoms with Crippen molar-refractivity contribution in [2.24, 2.45) is 5.73 Å². The molecule has 0 aliphatic carbocycles. The van der Waals surface area contributed by atoms with E-state index >= 15 is 0 Å². The fourth-order valence-corrected chi connectivity index (χ4v) is 11.0. The number of allylic oxidation sites excluding steroid dienone is 16. The summed E-state index contributed by atoms with van der Waals surface area (Å²) in [4.78, 5) is 35.4. The summed E-state index contributed by atoms with van der Waals surface area (Å²) in [5, 5.41) is 0.